The van der Waals surface area contributed by atoms with Crippen LogP contribution in [-0.2, 0) is 9.59 Å². The van der Waals surface area contributed by atoms with Gasteiger partial charge < -0.3 is 0 Å². The van der Waals surface area contributed by atoms with Gasteiger partial charge in [-0.1, -0.05) is 60.7 Å². The van der Waals surface area contributed by atoms with E-state index in [1.165, 1.54) is 9.91 Å². The second-order valence-electron chi connectivity index (χ2n) is 8.28. The van der Waals surface area contributed by atoms with Crippen LogP contribution in [0.3, 0.4) is 0 Å². The van der Waals surface area contributed by atoms with E-state index in [2.05, 4.69) is 18.2 Å². The molecule has 0 N–H and O–H groups in total. The number of thiophene rings is 1. The molecule has 2 aliphatic heterocycles. The molecular weight excluding hydrogens is 446 g/mol. The average molecular weight is 466 g/mol. The molecule has 3 aromatic carbocycles. The third kappa shape index (κ3) is 3.24. The standard InChI is InChI=1S/C27H19N3O3S/c31-25(16-29-22-12-4-3-10-20(22)26(32)27(29)33)30-23(24-13-6-14-34-24)15-21(28-30)19-11-5-8-17-7-1-2-9-18(17)19/h1-14,23H,15-16H2. The Bertz CT molecular complexity index is 1490. The first-order valence-electron chi connectivity index (χ1n) is 11.0. The van der Waals surface area contributed by atoms with Crippen molar-refractivity contribution in [3.8, 4) is 0 Å². The number of hydrogen-bond donors (Lipinski definition) is 0. The summed E-state index contributed by atoms with van der Waals surface area (Å²) in [4.78, 5) is 40.8. The first kappa shape index (κ1) is 20.5. The van der Waals surface area contributed by atoms with Crippen LogP contribution < -0.4 is 4.90 Å². The number of hydrazone groups is 1. The van der Waals surface area contributed by atoms with E-state index in [4.69, 9.17) is 5.10 Å². The molecule has 2 amide bonds. The molecule has 1 unspecified atom stereocenters. The van der Waals surface area contributed by atoms with Gasteiger partial charge in [-0.15, -0.1) is 11.3 Å². The van der Waals surface area contributed by atoms with Crippen molar-refractivity contribution in [2.75, 3.05) is 11.4 Å². The second-order valence-corrected chi connectivity index (χ2v) is 9.26. The third-order valence-electron chi connectivity index (χ3n) is 6.31. The number of benzene rings is 3. The number of carbonyl (C=O) groups excluding carboxylic acids is 3. The lowest BCUT2D eigenvalue weighted by Gasteiger charge is -2.23. The van der Waals surface area contributed by atoms with Crippen molar-refractivity contribution in [1.82, 2.24) is 5.01 Å². The molecule has 2 aliphatic rings. The van der Waals surface area contributed by atoms with Gasteiger partial charge in [-0.2, -0.15) is 5.10 Å². The van der Waals surface area contributed by atoms with Crippen LogP contribution in [0, 0.1) is 0 Å². The summed E-state index contributed by atoms with van der Waals surface area (Å²) in [5, 5.41) is 10.4. The van der Waals surface area contributed by atoms with Gasteiger partial charge >= 0.3 is 0 Å². The van der Waals surface area contributed by atoms with Crippen LogP contribution in [-0.4, -0.2) is 34.9 Å². The highest BCUT2D eigenvalue weighted by atomic mass is 32.1. The Balaban J connectivity index is 1.37. The molecule has 0 radical (unpaired) electrons. The van der Waals surface area contributed by atoms with E-state index >= 15 is 0 Å². The summed E-state index contributed by atoms with van der Waals surface area (Å²) in [5.74, 6) is -1.59. The molecule has 166 valence electrons. The predicted molar refractivity (Wildman–Crippen MR) is 132 cm³/mol. The van der Waals surface area contributed by atoms with E-state index in [1.54, 1.807) is 35.6 Å². The SMILES string of the molecule is O=C1C(=O)N(CC(=O)N2N=C(c3cccc4ccccc34)CC2c2cccs2)c2ccccc21. The lowest BCUT2D eigenvalue weighted by molar-refractivity contribution is -0.132. The Morgan fingerprint density at radius 1 is 0.912 bits per heavy atom. The van der Waals surface area contributed by atoms with Gasteiger partial charge in [0.2, 0.25) is 0 Å². The van der Waals surface area contributed by atoms with Crippen LogP contribution in [0.25, 0.3) is 10.8 Å². The molecule has 34 heavy (non-hydrogen) atoms. The van der Waals surface area contributed by atoms with Crippen molar-refractivity contribution in [1.29, 1.82) is 0 Å². The van der Waals surface area contributed by atoms with E-state index in [9.17, 15) is 14.4 Å². The summed E-state index contributed by atoms with van der Waals surface area (Å²) in [5.41, 5.74) is 2.62. The molecular formula is C27H19N3O3S. The molecule has 1 atom stereocenters. The fourth-order valence-corrected chi connectivity index (χ4v) is 5.51. The maximum absolute atomic E-state index is 13.5. The van der Waals surface area contributed by atoms with Crippen LogP contribution in [0.4, 0.5) is 5.69 Å². The van der Waals surface area contributed by atoms with E-state index in [1.807, 2.05) is 41.8 Å². The van der Waals surface area contributed by atoms with Crippen molar-refractivity contribution >= 4 is 51.1 Å². The minimum atomic E-state index is -0.681. The fourth-order valence-electron chi connectivity index (χ4n) is 4.70. The number of ketones is 1. The topological polar surface area (TPSA) is 70.1 Å². The van der Waals surface area contributed by atoms with E-state index in [-0.39, 0.29) is 18.5 Å². The number of hydrogen-bond acceptors (Lipinski definition) is 5. The quantitative estimate of drug-likeness (QED) is 0.406. The summed E-state index contributed by atoms with van der Waals surface area (Å²) < 4.78 is 0. The normalized spacial score (nSPS) is 17.4. The van der Waals surface area contributed by atoms with Gasteiger partial charge in [0.25, 0.3) is 17.6 Å². The molecule has 0 saturated carbocycles. The summed E-state index contributed by atoms with van der Waals surface area (Å²) >= 11 is 1.57. The van der Waals surface area contributed by atoms with Gasteiger partial charge in [-0.3, -0.25) is 19.3 Å². The number of amides is 2. The van der Waals surface area contributed by atoms with E-state index < -0.39 is 11.7 Å². The number of rotatable bonds is 4. The number of nitrogens with zero attached hydrogens (tertiary/aromatic N) is 3. The van der Waals surface area contributed by atoms with Crippen molar-refractivity contribution in [3.05, 3.63) is 100 Å². The highest BCUT2D eigenvalue weighted by Crippen LogP contribution is 2.37. The number of para-hydroxylation sites is 1. The van der Waals surface area contributed by atoms with Crippen LogP contribution >= 0.6 is 11.3 Å². The first-order valence-corrected chi connectivity index (χ1v) is 11.9. The van der Waals surface area contributed by atoms with Crippen LogP contribution in [0.1, 0.15) is 33.3 Å². The lowest BCUT2D eigenvalue weighted by Crippen LogP contribution is -2.40. The van der Waals surface area contributed by atoms with Gasteiger partial charge in [0.05, 0.1) is 23.0 Å². The predicted octanol–water partition coefficient (Wildman–Crippen LogP) is 4.81. The van der Waals surface area contributed by atoms with E-state index in [0.717, 1.165) is 26.9 Å². The minimum Gasteiger partial charge on any atom is -0.295 e. The van der Waals surface area contributed by atoms with Gasteiger partial charge in [-0.05, 0) is 34.4 Å². The van der Waals surface area contributed by atoms with Crippen molar-refractivity contribution < 1.29 is 14.4 Å². The van der Waals surface area contributed by atoms with Crippen LogP contribution in [0.2, 0.25) is 0 Å². The largest absolute Gasteiger partial charge is 0.299 e. The zero-order chi connectivity index (χ0) is 23.2. The second kappa shape index (κ2) is 8.04. The minimum absolute atomic E-state index is 0.240. The maximum atomic E-state index is 13.5. The molecule has 1 aromatic heterocycles. The van der Waals surface area contributed by atoms with Crippen molar-refractivity contribution in [2.45, 2.75) is 12.5 Å². The van der Waals surface area contributed by atoms with Crippen LogP contribution in [0.5, 0.6) is 0 Å². The average Bonchev–Trinajstić information content (AvgIpc) is 3.60. The summed E-state index contributed by atoms with van der Waals surface area (Å²) in [7, 11) is 0. The lowest BCUT2D eigenvalue weighted by atomic mass is 9.97. The summed E-state index contributed by atoms with van der Waals surface area (Å²) in [6, 6.07) is 24.7. The summed E-state index contributed by atoms with van der Waals surface area (Å²) in [6.07, 6.45) is 0.573. The monoisotopic (exact) mass is 465 g/mol. The summed E-state index contributed by atoms with van der Waals surface area (Å²) in [6.45, 7) is -0.240. The Hall–Kier alpha value is -4.10. The van der Waals surface area contributed by atoms with Crippen molar-refractivity contribution in [2.24, 2.45) is 5.10 Å². The van der Waals surface area contributed by atoms with Gasteiger partial charge in [-0.25, -0.2) is 5.01 Å². The zero-order valence-corrected chi connectivity index (χ0v) is 18.9. The molecule has 6 nitrogen and oxygen atoms in total. The molecule has 0 fully saturated rings. The Morgan fingerprint density at radius 2 is 1.68 bits per heavy atom. The number of carbonyl (C=O) groups is 3. The Labute approximate surface area is 199 Å². The van der Waals surface area contributed by atoms with Crippen LogP contribution in [0.15, 0.2) is 89.3 Å². The molecule has 0 spiro atoms. The first-order chi connectivity index (χ1) is 16.6. The number of anilines is 1. The van der Waals surface area contributed by atoms with E-state index in [0.29, 0.717) is 17.7 Å². The van der Waals surface area contributed by atoms with Crippen molar-refractivity contribution in [3.63, 3.8) is 0 Å². The molecule has 3 heterocycles. The highest BCUT2D eigenvalue weighted by molar-refractivity contribution is 7.10. The number of fused-ring (bicyclic) bond motifs is 2. The number of Topliss-reactive ketones (excluding diaryl/α,β-unsaturated/α-hetero) is 1. The molecule has 7 heteroatoms. The molecule has 6 rings (SSSR count). The smallest absolute Gasteiger partial charge is 0.295 e. The molecule has 0 bridgehead atoms. The van der Waals surface area contributed by atoms with Gasteiger partial charge in [0, 0.05) is 16.9 Å². The fraction of sp³-hybridized carbons (Fsp3) is 0.111. The molecule has 4 aromatic rings. The molecule has 0 aliphatic carbocycles. The maximum Gasteiger partial charge on any atom is 0.299 e. The third-order valence-corrected chi connectivity index (χ3v) is 7.28. The Kier molecular flexibility index (Phi) is 4.85. The zero-order valence-electron chi connectivity index (χ0n) is 18.0. The molecule has 0 saturated heterocycles. The van der Waals surface area contributed by atoms with Gasteiger partial charge in [0.15, 0.2) is 0 Å². The Morgan fingerprint density at radius 3 is 2.53 bits per heavy atom. The van der Waals surface area contributed by atoms with Gasteiger partial charge in [0.1, 0.15) is 6.54 Å². The highest BCUT2D eigenvalue weighted by Gasteiger charge is 2.40.